The predicted octanol–water partition coefficient (Wildman–Crippen LogP) is 1.47. The van der Waals surface area contributed by atoms with Crippen LogP contribution in [-0.2, 0) is 0 Å². The molecule has 0 aliphatic rings. The lowest BCUT2D eigenvalue weighted by molar-refractivity contribution is 0.362. The molecule has 0 amide bonds. The van der Waals surface area contributed by atoms with E-state index in [9.17, 15) is 0 Å². The zero-order chi connectivity index (χ0) is 11.1. The molecular formula is C9H9N5OS. The highest BCUT2D eigenvalue weighted by molar-refractivity contribution is 7.20. The van der Waals surface area contributed by atoms with Crippen LogP contribution in [0.25, 0.3) is 15.7 Å². The van der Waals surface area contributed by atoms with Crippen molar-refractivity contribution in [3.8, 4) is 10.7 Å². The maximum Gasteiger partial charge on any atom is 0.243 e. The molecule has 0 aromatic carbocycles. The minimum absolute atomic E-state index is 0.245. The minimum atomic E-state index is -0.245. The van der Waals surface area contributed by atoms with Crippen LogP contribution in [0.4, 0.5) is 0 Å². The van der Waals surface area contributed by atoms with Crippen LogP contribution < -0.4 is 5.73 Å². The number of hydrogen-bond acceptors (Lipinski definition) is 6. The molecule has 3 rings (SSSR count). The molecule has 7 heteroatoms. The predicted molar refractivity (Wildman–Crippen MR) is 59.0 cm³/mol. The Labute approximate surface area is 94.7 Å². The second kappa shape index (κ2) is 3.39. The lowest BCUT2D eigenvalue weighted by Crippen LogP contribution is -2.04. The molecule has 6 nitrogen and oxygen atoms in total. The monoisotopic (exact) mass is 235 g/mol. The van der Waals surface area contributed by atoms with Crippen molar-refractivity contribution in [3.05, 3.63) is 24.5 Å². The van der Waals surface area contributed by atoms with E-state index in [1.165, 1.54) is 11.3 Å². The first-order valence-corrected chi connectivity index (χ1v) is 5.58. The number of aromatic nitrogens is 4. The molecule has 0 aliphatic carbocycles. The van der Waals surface area contributed by atoms with Gasteiger partial charge in [-0.2, -0.15) is 4.98 Å². The second-order valence-corrected chi connectivity index (χ2v) is 4.47. The Morgan fingerprint density at radius 1 is 1.56 bits per heavy atom. The van der Waals surface area contributed by atoms with Gasteiger partial charge in [0.2, 0.25) is 11.7 Å². The zero-order valence-corrected chi connectivity index (χ0v) is 9.31. The van der Waals surface area contributed by atoms with E-state index in [-0.39, 0.29) is 6.04 Å². The number of nitrogens with zero attached hydrogens (tertiary/aromatic N) is 4. The van der Waals surface area contributed by atoms with E-state index in [1.807, 2.05) is 16.8 Å². The molecular weight excluding hydrogens is 226 g/mol. The van der Waals surface area contributed by atoms with Gasteiger partial charge in [0.25, 0.3) is 0 Å². The maximum atomic E-state index is 5.65. The van der Waals surface area contributed by atoms with Crippen molar-refractivity contribution in [3.63, 3.8) is 0 Å². The van der Waals surface area contributed by atoms with Gasteiger partial charge in [-0.1, -0.05) is 16.5 Å². The summed E-state index contributed by atoms with van der Waals surface area (Å²) < 4.78 is 6.96. The largest absolute Gasteiger partial charge is 0.337 e. The molecule has 0 spiro atoms. The van der Waals surface area contributed by atoms with Gasteiger partial charge in [0.15, 0.2) is 4.96 Å². The van der Waals surface area contributed by atoms with Crippen LogP contribution in [0.1, 0.15) is 18.9 Å². The van der Waals surface area contributed by atoms with E-state index < -0.39 is 0 Å². The Hall–Kier alpha value is -1.73. The average molecular weight is 235 g/mol. The van der Waals surface area contributed by atoms with Crippen LogP contribution in [0.5, 0.6) is 0 Å². The van der Waals surface area contributed by atoms with Crippen molar-refractivity contribution in [2.45, 2.75) is 13.0 Å². The molecule has 16 heavy (non-hydrogen) atoms. The molecule has 0 saturated carbocycles. The highest BCUT2D eigenvalue weighted by atomic mass is 32.1. The number of nitrogens with two attached hydrogens (primary N) is 1. The van der Waals surface area contributed by atoms with E-state index in [1.54, 1.807) is 13.1 Å². The molecule has 0 fully saturated rings. The first-order valence-electron chi connectivity index (χ1n) is 4.76. The second-order valence-electron chi connectivity index (χ2n) is 3.46. The fourth-order valence-corrected chi connectivity index (χ4v) is 2.22. The summed E-state index contributed by atoms with van der Waals surface area (Å²) in [5.41, 5.74) is 5.65. The van der Waals surface area contributed by atoms with Gasteiger partial charge in [0.1, 0.15) is 0 Å². The molecule has 3 aromatic heterocycles. The van der Waals surface area contributed by atoms with Crippen molar-refractivity contribution < 1.29 is 4.52 Å². The van der Waals surface area contributed by atoms with Gasteiger partial charge in [-0.15, -0.1) is 0 Å². The normalized spacial score (nSPS) is 13.4. The molecule has 0 bridgehead atoms. The van der Waals surface area contributed by atoms with Crippen molar-refractivity contribution in [2.24, 2.45) is 5.73 Å². The quantitative estimate of drug-likeness (QED) is 0.727. The molecule has 3 aromatic rings. The van der Waals surface area contributed by atoms with Crippen LogP contribution in [0, 0.1) is 0 Å². The molecule has 1 atom stereocenters. The van der Waals surface area contributed by atoms with Gasteiger partial charge in [-0.05, 0) is 6.92 Å². The third-order valence-corrected chi connectivity index (χ3v) is 3.15. The average Bonchev–Trinajstić information content (AvgIpc) is 2.91. The molecule has 0 aliphatic heterocycles. The number of hydrogen-bond donors (Lipinski definition) is 1. The Kier molecular flexibility index (Phi) is 2.01. The summed E-state index contributed by atoms with van der Waals surface area (Å²) in [7, 11) is 0. The van der Waals surface area contributed by atoms with Gasteiger partial charge in [0, 0.05) is 18.6 Å². The summed E-state index contributed by atoms with van der Waals surface area (Å²) >= 11 is 1.51. The van der Waals surface area contributed by atoms with Crippen LogP contribution >= 0.6 is 11.3 Å². The van der Waals surface area contributed by atoms with Crippen molar-refractivity contribution in [1.82, 2.24) is 19.5 Å². The SMILES string of the molecule is CC(N)c1nc(-c2cn3ccnc3s2)no1. The van der Waals surface area contributed by atoms with E-state index in [0.717, 1.165) is 9.84 Å². The van der Waals surface area contributed by atoms with Crippen LogP contribution in [-0.4, -0.2) is 19.5 Å². The minimum Gasteiger partial charge on any atom is -0.337 e. The number of rotatable bonds is 2. The highest BCUT2D eigenvalue weighted by Crippen LogP contribution is 2.26. The van der Waals surface area contributed by atoms with Crippen molar-refractivity contribution in [2.75, 3.05) is 0 Å². The van der Waals surface area contributed by atoms with Crippen LogP contribution in [0.15, 0.2) is 23.1 Å². The molecule has 1 unspecified atom stereocenters. The number of thiazole rings is 1. The fraction of sp³-hybridized carbons (Fsp3) is 0.222. The lowest BCUT2D eigenvalue weighted by Gasteiger charge is -1.92. The number of fused-ring (bicyclic) bond motifs is 1. The smallest absolute Gasteiger partial charge is 0.243 e. The molecule has 0 radical (unpaired) electrons. The first-order chi connectivity index (χ1) is 7.74. The fourth-order valence-electron chi connectivity index (χ4n) is 1.35. The van der Waals surface area contributed by atoms with Crippen LogP contribution in [0.2, 0.25) is 0 Å². The van der Waals surface area contributed by atoms with E-state index in [0.29, 0.717) is 11.7 Å². The number of imidazole rings is 1. The van der Waals surface area contributed by atoms with Crippen molar-refractivity contribution >= 4 is 16.3 Å². The summed E-state index contributed by atoms with van der Waals surface area (Å²) in [5.74, 6) is 1.00. The van der Waals surface area contributed by atoms with E-state index in [2.05, 4.69) is 15.1 Å². The lowest BCUT2D eigenvalue weighted by atomic mass is 10.4. The molecule has 0 saturated heterocycles. The van der Waals surface area contributed by atoms with E-state index >= 15 is 0 Å². The van der Waals surface area contributed by atoms with Gasteiger partial charge in [0.05, 0.1) is 10.9 Å². The summed E-state index contributed by atoms with van der Waals surface area (Å²) in [5, 5.41) is 3.89. The van der Waals surface area contributed by atoms with Gasteiger partial charge >= 0.3 is 0 Å². The maximum absolute atomic E-state index is 5.65. The first kappa shape index (κ1) is 9.49. The Balaban J connectivity index is 2.05. The summed E-state index contributed by atoms with van der Waals surface area (Å²) in [6.07, 6.45) is 5.55. The van der Waals surface area contributed by atoms with Crippen LogP contribution in [0.3, 0.4) is 0 Å². The Morgan fingerprint density at radius 2 is 2.44 bits per heavy atom. The third kappa shape index (κ3) is 1.41. The Morgan fingerprint density at radius 3 is 3.12 bits per heavy atom. The molecule has 82 valence electrons. The van der Waals surface area contributed by atoms with Crippen molar-refractivity contribution in [1.29, 1.82) is 0 Å². The zero-order valence-electron chi connectivity index (χ0n) is 8.49. The highest BCUT2D eigenvalue weighted by Gasteiger charge is 2.14. The Bertz CT molecular complexity index is 594. The molecule has 2 N–H and O–H groups in total. The van der Waals surface area contributed by atoms with Gasteiger partial charge < -0.3 is 10.3 Å². The molecule has 3 heterocycles. The topological polar surface area (TPSA) is 82.2 Å². The van der Waals surface area contributed by atoms with E-state index in [4.69, 9.17) is 10.3 Å². The summed E-state index contributed by atoms with van der Waals surface area (Å²) in [4.78, 5) is 10.2. The standard InChI is InChI=1S/C9H9N5OS/c1-5(10)8-12-7(13-15-8)6-4-14-3-2-11-9(14)16-6/h2-5H,10H2,1H3. The third-order valence-electron chi connectivity index (χ3n) is 2.14. The summed E-state index contributed by atoms with van der Waals surface area (Å²) in [6.45, 7) is 1.80. The summed E-state index contributed by atoms with van der Waals surface area (Å²) in [6, 6.07) is -0.245. The van der Waals surface area contributed by atoms with Gasteiger partial charge in [-0.3, -0.25) is 4.40 Å². The van der Waals surface area contributed by atoms with Gasteiger partial charge in [-0.25, -0.2) is 4.98 Å².